The van der Waals surface area contributed by atoms with Gasteiger partial charge in [-0.1, -0.05) is 15.9 Å². The van der Waals surface area contributed by atoms with Crippen molar-refractivity contribution in [1.82, 2.24) is 0 Å². The van der Waals surface area contributed by atoms with Crippen molar-refractivity contribution in [3.8, 4) is 6.07 Å². The van der Waals surface area contributed by atoms with Gasteiger partial charge in [0.15, 0.2) is 0 Å². The van der Waals surface area contributed by atoms with Gasteiger partial charge in [-0.3, -0.25) is 4.79 Å². The third-order valence-corrected chi connectivity index (χ3v) is 4.22. The molecule has 2 rings (SSSR count). The van der Waals surface area contributed by atoms with Crippen molar-refractivity contribution in [1.29, 1.82) is 5.26 Å². The van der Waals surface area contributed by atoms with E-state index < -0.39 is 0 Å². The summed E-state index contributed by atoms with van der Waals surface area (Å²) in [4.78, 5) is 11.5. The highest BCUT2D eigenvalue weighted by atomic mass is 79.9. The normalized spacial score (nSPS) is 21.9. The number of carbonyl (C=O) groups is 1. The molecule has 0 heterocycles. The van der Waals surface area contributed by atoms with Crippen LogP contribution in [0.3, 0.4) is 0 Å². The fourth-order valence-electron chi connectivity index (χ4n) is 2.59. The number of methoxy groups -OCH3 is 1. The first-order chi connectivity index (χ1) is 9.63. The number of esters is 1. The maximum atomic E-state index is 11.5. The van der Waals surface area contributed by atoms with Gasteiger partial charge >= 0.3 is 5.97 Å². The first kappa shape index (κ1) is 14.9. The molecular formula is C15H17BrN2O2. The molecule has 1 aromatic rings. The van der Waals surface area contributed by atoms with Crippen LogP contribution in [0.15, 0.2) is 22.7 Å². The van der Waals surface area contributed by atoms with Crippen LogP contribution in [0, 0.1) is 17.2 Å². The van der Waals surface area contributed by atoms with E-state index >= 15 is 0 Å². The van der Waals surface area contributed by atoms with Crippen LogP contribution >= 0.6 is 15.9 Å². The predicted octanol–water partition coefficient (Wildman–Crippen LogP) is 3.46. The zero-order valence-corrected chi connectivity index (χ0v) is 12.9. The average Bonchev–Trinajstić information content (AvgIpc) is 2.47. The minimum absolute atomic E-state index is 0.0241. The second-order valence-corrected chi connectivity index (χ2v) is 5.93. The number of nitriles is 1. The van der Waals surface area contributed by atoms with E-state index in [2.05, 4.69) is 27.3 Å². The number of anilines is 1. The van der Waals surface area contributed by atoms with Crippen molar-refractivity contribution in [2.45, 2.75) is 31.7 Å². The Hall–Kier alpha value is -1.54. The van der Waals surface area contributed by atoms with Crippen LogP contribution in [0.25, 0.3) is 0 Å². The summed E-state index contributed by atoms with van der Waals surface area (Å²) in [5.41, 5.74) is 1.49. The van der Waals surface area contributed by atoms with E-state index in [4.69, 9.17) is 10.00 Å². The van der Waals surface area contributed by atoms with Crippen molar-refractivity contribution in [3.05, 3.63) is 28.2 Å². The molecule has 1 aliphatic carbocycles. The molecule has 1 aliphatic rings. The maximum absolute atomic E-state index is 11.5. The third-order valence-electron chi connectivity index (χ3n) is 3.72. The zero-order chi connectivity index (χ0) is 14.5. The van der Waals surface area contributed by atoms with Crippen LogP contribution in [-0.4, -0.2) is 19.1 Å². The van der Waals surface area contributed by atoms with Gasteiger partial charge in [0.25, 0.3) is 0 Å². The topological polar surface area (TPSA) is 62.1 Å². The molecule has 0 bridgehead atoms. The quantitative estimate of drug-likeness (QED) is 0.858. The molecule has 20 heavy (non-hydrogen) atoms. The van der Waals surface area contributed by atoms with Gasteiger partial charge in [-0.25, -0.2) is 0 Å². The van der Waals surface area contributed by atoms with Gasteiger partial charge in [0.1, 0.15) is 6.07 Å². The Bertz CT molecular complexity index is 531. The first-order valence-electron chi connectivity index (χ1n) is 6.68. The molecule has 4 nitrogen and oxygen atoms in total. The summed E-state index contributed by atoms with van der Waals surface area (Å²) < 4.78 is 5.73. The van der Waals surface area contributed by atoms with Crippen molar-refractivity contribution >= 4 is 27.6 Å². The summed E-state index contributed by atoms with van der Waals surface area (Å²) in [6.07, 6.45) is 3.49. The lowest BCUT2D eigenvalue weighted by molar-refractivity contribution is -0.146. The number of hydrogen-bond acceptors (Lipinski definition) is 4. The molecule has 0 atom stereocenters. The number of ether oxygens (including phenoxy) is 1. The number of hydrogen-bond donors (Lipinski definition) is 1. The van der Waals surface area contributed by atoms with Gasteiger partial charge in [-0.2, -0.15) is 5.26 Å². The Labute approximate surface area is 127 Å². The number of rotatable bonds is 3. The Morgan fingerprint density at radius 2 is 2.10 bits per heavy atom. The molecule has 1 N–H and O–H groups in total. The molecule has 1 saturated carbocycles. The molecule has 5 heteroatoms. The van der Waals surface area contributed by atoms with Crippen LogP contribution in [0.4, 0.5) is 5.69 Å². The summed E-state index contributed by atoms with van der Waals surface area (Å²) in [6, 6.07) is 8.07. The van der Waals surface area contributed by atoms with Crippen LogP contribution in [0.2, 0.25) is 0 Å². The van der Waals surface area contributed by atoms with E-state index in [1.807, 2.05) is 12.1 Å². The number of nitrogens with one attached hydrogen (secondary N) is 1. The molecule has 0 amide bonds. The van der Waals surface area contributed by atoms with Crippen molar-refractivity contribution in [3.63, 3.8) is 0 Å². The maximum Gasteiger partial charge on any atom is 0.308 e. The summed E-state index contributed by atoms with van der Waals surface area (Å²) in [7, 11) is 1.44. The number of benzene rings is 1. The molecule has 0 radical (unpaired) electrons. The minimum Gasteiger partial charge on any atom is -0.469 e. The first-order valence-corrected chi connectivity index (χ1v) is 7.47. The standard InChI is InChI=1S/C15H17BrN2O2/c1-20-15(19)10-3-6-13(7-4-10)18-14-8-12(16)5-2-11(14)9-17/h2,5,8,10,13,18H,3-4,6-7H2,1H3. The Morgan fingerprint density at radius 3 is 2.70 bits per heavy atom. The third kappa shape index (κ3) is 3.51. The van der Waals surface area contributed by atoms with E-state index in [0.717, 1.165) is 35.8 Å². The second-order valence-electron chi connectivity index (χ2n) is 5.02. The lowest BCUT2D eigenvalue weighted by Crippen LogP contribution is -2.30. The molecular weight excluding hydrogens is 320 g/mol. The van der Waals surface area contributed by atoms with Gasteiger partial charge in [0.2, 0.25) is 0 Å². The van der Waals surface area contributed by atoms with E-state index in [9.17, 15) is 4.79 Å². The number of carbonyl (C=O) groups excluding carboxylic acids is 1. The Kier molecular flexibility index (Phi) is 5.02. The van der Waals surface area contributed by atoms with E-state index in [1.54, 1.807) is 6.07 Å². The fourth-order valence-corrected chi connectivity index (χ4v) is 2.95. The largest absolute Gasteiger partial charge is 0.469 e. The zero-order valence-electron chi connectivity index (χ0n) is 11.4. The van der Waals surface area contributed by atoms with Gasteiger partial charge in [0, 0.05) is 10.5 Å². The molecule has 0 unspecified atom stereocenters. The van der Waals surface area contributed by atoms with Crippen LogP contribution in [0.1, 0.15) is 31.2 Å². The SMILES string of the molecule is COC(=O)C1CCC(Nc2cc(Br)ccc2C#N)CC1. The van der Waals surface area contributed by atoms with E-state index in [0.29, 0.717) is 11.6 Å². The molecule has 0 saturated heterocycles. The Morgan fingerprint density at radius 1 is 1.40 bits per heavy atom. The molecule has 0 aliphatic heterocycles. The summed E-state index contributed by atoms with van der Waals surface area (Å²) >= 11 is 3.42. The fraction of sp³-hybridized carbons (Fsp3) is 0.467. The van der Waals surface area contributed by atoms with Crippen molar-refractivity contribution in [2.24, 2.45) is 5.92 Å². The lowest BCUT2D eigenvalue weighted by atomic mass is 9.86. The van der Waals surface area contributed by atoms with Crippen LogP contribution in [-0.2, 0) is 9.53 Å². The smallest absolute Gasteiger partial charge is 0.308 e. The highest BCUT2D eigenvalue weighted by Gasteiger charge is 2.27. The summed E-state index contributed by atoms with van der Waals surface area (Å²) in [5, 5.41) is 12.5. The summed E-state index contributed by atoms with van der Waals surface area (Å²) in [5.74, 6) is -0.0837. The average molecular weight is 337 g/mol. The molecule has 1 fully saturated rings. The molecule has 1 aromatic carbocycles. The molecule has 0 spiro atoms. The predicted molar refractivity (Wildman–Crippen MR) is 80.2 cm³/mol. The van der Waals surface area contributed by atoms with Gasteiger partial charge in [0.05, 0.1) is 24.3 Å². The van der Waals surface area contributed by atoms with Crippen molar-refractivity contribution < 1.29 is 9.53 Å². The molecule has 106 valence electrons. The van der Waals surface area contributed by atoms with Crippen molar-refractivity contribution in [2.75, 3.05) is 12.4 Å². The molecule has 0 aromatic heterocycles. The Balaban J connectivity index is 1.98. The van der Waals surface area contributed by atoms with Gasteiger partial charge < -0.3 is 10.1 Å². The van der Waals surface area contributed by atoms with Crippen LogP contribution < -0.4 is 5.32 Å². The highest BCUT2D eigenvalue weighted by Crippen LogP contribution is 2.29. The number of nitrogens with zero attached hydrogens (tertiary/aromatic N) is 1. The van der Waals surface area contributed by atoms with Gasteiger partial charge in [-0.15, -0.1) is 0 Å². The van der Waals surface area contributed by atoms with Gasteiger partial charge in [-0.05, 0) is 43.9 Å². The van der Waals surface area contributed by atoms with Crippen LogP contribution in [0.5, 0.6) is 0 Å². The minimum atomic E-state index is -0.108. The second kappa shape index (κ2) is 6.76. The number of halogens is 1. The highest BCUT2D eigenvalue weighted by molar-refractivity contribution is 9.10. The van der Waals surface area contributed by atoms with E-state index in [1.165, 1.54) is 7.11 Å². The van der Waals surface area contributed by atoms with E-state index in [-0.39, 0.29) is 11.9 Å². The monoisotopic (exact) mass is 336 g/mol. The lowest BCUT2D eigenvalue weighted by Gasteiger charge is -2.28. The summed E-state index contributed by atoms with van der Waals surface area (Å²) in [6.45, 7) is 0.